The van der Waals surface area contributed by atoms with Gasteiger partial charge in [0.1, 0.15) is 0 Å². The van der Waals surface area contributed by atoms with Crippen molar-refractivity contribution in [3.05, 3.63) is 0 Å². The van der Waals surface area contributed by atoms with Crippen molar-refractivity contribution in [1.29, 1.82) is 0 Å². The Kier molecular flexibility index (Phi) is 7.96. The summed E-state index contributed by atoms with van der Waals surface area (Å²) in [6.45, 7) is 7.46. The second kappa shape index (κ2) is 8.93. The van der Waals surface area contributed by atoms with Crippen molar-refractivity contribution in [2.45, 2.75) is 76.9 Å². The Labute approximate surface area is 119 Å². The molecule has 0 aromatic carbocycles. The minimum atomic E-state index is -0.00824. The fourth-order valence-corrected chi connectivity index (χ4v) is 2.91. The summed E-state index contributed by atoms with van der Waals surface area (Å²) in [7, 11) is 1.82. The molecule has 0 aromatic heterocycles. The summed E-state index contributed by atoms with van der Waals surface area (Å²) in [5.41, 5.74) is 5.69. The van der Waals surface area contributed by atoms with E-state index in [0.717, 1.165) is 38.5 Å². The quantitative estimate of drug-likeness (QED) is 0.689. The molecule has 0 atom stereocenters. The lowest BCUT2D eigenvalue weighted by atomic mass is 10.0. The van der Waals surface area contributed by atoms with E-state index in [2.05, 4.69) is 18.7 Å². The van der Waals surface area contributed by atoms with Gasteiger partial charge < -0.3 is 15.4 Å². The maximum Gasteiger partial charge on any atom is 0.0634 e. The Morgan fingerprint density at radius 2 is 1.74 bits per heavy atom. The van der Waals surface area contributed by atoms with Gasteiger partial charge in [0.15, 0.2) is 0 Å². The molecule has 1 rings (SSSR count). The lowest BCUT2D eigenvalue weighted by Crippen LogP contribution is -2.40. The van der Waals surface area contributed by atoms with Crippen molar-refractivity contribution < 1.29 is 4.74 Å². The van der Waals surface area contributed by atoms with Crippen LogP contribution in [0.5, 0.6) is 0 Å². The maximum atomic E-state index is 5.69. The van der Waals surface area contributed by atoms with Gasteiger partial charge in [-0.1, -0.05) is 25.7 Å². The molecule has 0 heterocycles. The molecule has 1 aliphatic rings. The van der Waals surface area contributed by atoms with E-state index in [-0.39, 0.29) is 5.60 Å². The van der Waals surface area contributed by atoms with Crippen molar-refractivity contribution in [1.82, 2.24) is 4.90 Å². The van der Waals surface area contributed by atoms with Gasteiger partial charge in [-0.2, -0.15) is 0 Å². The van der Waals surface area contributed by atoms with Crippen LogP contribution >= 0.6 is 0 Å². The van der Waals surface area contributed by atoms with E-state index in [1.54, 1.807) is 0 Å². The highest BCUT2D eigenvalue weighted by Crippen LogP contribution is 2.23. The van der Waals surface area contributed by atoms with Crippen LogP contribution in [-0.2, 0) is 4.74 Å². The SMILES string of the molecule is COC(C)(C)CCN(CCCN)C1CCCCCC1. The number of nitrogens with zero attached hydrogens (tertiary/aromatic N) is 1. The highest BCUT2D eigenvalue weighted by Gasteiger charge is 2.23. The molecule has 2 N–H and O–H groups in total. The van der Waals surface area contributed by atoms with Gasteiger partial charge in [-0.3, -0.25) is 0 Å². The number of hydrogen-bond acceptors (Lipinski definition) is 3. The molecule has 1 saturated carbocycles. The molecule has 1 aliphatic carbocycles. The standard InChI is InChI=1S/C16H34N2O/c1-16(2,19-3)11-14-18(13-8-12-17)15-9-6-4-5-7-10-15/h15H,4-14,17H2,1-3H3. The molecule has 0 aromatic rings. The van der Waals surface area contributed by atoms with E-state index >= 15 is 0 Å². The second-order valence-electron chi connectivity index (χ2n) is 6.54. The van der Waals surface area contributed by atoms with Gasteiger partial charge in [0.25, 0.3) is 0 Å². The number of rotatable bonds is 8. The molecule has 0 spiro atoms. The third-order valence-electron chi connectivity index (χ3n) is 4.54. The van der Waals surface area contributed by atoms with E-state index in [4.69, 9.17) is 10.5 Å². The summed E-state index contributed by atoms with van der Waals surface area (Å²) >= 11 is 0. The smallest absolute Gasteiger partial charge is 0.0634 e. The van der Waals surface area contributed by atoms with Crippen LogP contribution in [-0.4, -0.2) is 43.3 Å². The number of nitrogens with two attached hydrogens (primary N) is 1. The third kappa shape index (κ3) is 6.73. The van der Waals surface area contributed by atoms with Crippen LogP contribution < -0.4 is 5.73 Å². The predicted molar refractivity (Wildman–Crippen MR) is 82.4 cm³/mol. The van der Waals surface area contributed by atoms with Crippen LogP contribution in [0.1, 0.15) is 65.2 Å². The lowest BCUT2D eigenvalue weighted by Gasteiger charge is -2.34. The zero-order valence-electron chi connectivity index (χ0n) is 13.3. The van der Waals surface area contributed by atoms with Gasteiger partial charge in [-0.25, -0.2) is 0 Å². The van der Waals surface area contributed by atoms with Crippen molar-refractivity contribution in [2.75, 3.05) is 26.7 Å². The fraction of sp³-hybridized carbons (Fsp3) is 1.00. The average Bonchev–Trinajstić information content (AvgIpc) is 2.68. The molecule has 19 heavy (non-hydrogen) atoms. The molecule has 114 valence electrons. The Morgan fingerprint density at radius 3 is 2.26 bits per heavy atom. The first-order valence-corrected chi connectivity index (χ1v) is 8.08. The largest absolute Gasteiger partial charge is 0.379 e. The molecule has 0 unspecified atom stereocenters. The minimum Gasteiger partial charge on any atom is -0.379 e. The van der Waals surface area contributed by atoms with Crippen LogP contribution in [0.4, 0.5) is 0 Å². The van der Waals surface area contributed by atoms with E-state index in [0.29, 0.717) is 0 Å². The molecule has 3 nitrogen and oxygen atoms in total. The molecular formula is C16H34N2O. The summed E-state index contributed by atoms with van der Waals surface area (Å²) in [5.74, 6) is 0. The monoisotopic (exact) mass is 270 g/mol. The third-order valence-corrected chi connectivity index (χ3v) is 4.54. The van der Waals surface area contributed by atoms with E-state index in [1.165, 1.54) is 38.5 Å². The van der Waals surface area contributed by atoms with Crippen LogP contribution in [0, 0.1) is 0 Å². The molecule has 0 amide bonds. The normalized spacial score (nSPS) is 18.8. The average molecular weight is 270 g/mol. The highest BCUT2D eigenvalue weighted by atomic mass is 16.5. The summed E-state index contributed by atoms with van der Waals surface area (Å²) in [6, 6.07) is 0.779. The molecule has 0 bridgehead atoms. The van der Waals surface area contributed by atoms with E-state index in [1.807, 2.05) is 7.11 Å². The van der Waals surface area contributed by atoms with Gasteiger partial charge in [0.2, 0.25) is 0 Å². The molecule has 1 fully saturated rings. The number of methoxy groups -OCH3 is 1. The molecule has 0 saturated heterocycles. The summed E-state index contributed by atoms with van der Waals surface area (Å²) in [5, 5.41) is 0. The van der Waals surface area contributed by atoms with Gasteiger partial charge in [0.05, 0.1) is 5.60 Å². The first-order chi connectivity index (χ1) is 9.09. The maximum absolute atomic E-state index is 5.69. The van der Waals surface area contributed by atoms with Gasteiger partial charge in [0, 0.05) is 19.7 Å². The zero-order chi connectivity index (χ0) is 14.1. The van der Waals surface area contributed by atoms with Crippen LogP contribution in [0.15, 0.2) is 0 Å². The first kappa shape index (κ1) is 16.9. The highest BCUT2D eigenvalue weighted by molar-refractivity contribution is 4.78. The van der Waals surface area contributed by atoms with E-state index < -0.39 is 0 Å². The fourth-order valence-electron chi connectivity index (χ4n) is 2.91. The first-order valence-electron chi connectivity index (χ1n) is 8.08. The predicted octanol–water partition coefficient (Wildman–Crippen LogP) is 3.18. The number of ether oxygens (including phenoxy) is 1. The minimum absolute atomic E-state index is 0.00824. The van der Waals surface area contributed by atoms with Crippen molar-refractivity contribution >= 4 is 0 Å². The van der Waals surface area contributed by atoms with Gasteiger partial charge in [-0.15, -0.1) is 0 Å². The van der Waals surface area contributed by atoms with Crippen LogP contribution in [0.25, 0.3) is 0 Å². The molecule has 0 aliphatic heterocycles. The zero-order valence-corrected chi connectivity index (χ0v) is 13.3. The van der Waals surface area contributed by atoms with Gasteiger partial charge >= 0.3 is 0 Å². The molecular weight excluding hydrogens is 236 g/mol. The lowest BCUT2D eigenvalue weighted by molar-refractivity contribution is 0.00304. The molecule has 0 radical (unpaired) electrons. The van der Waals surface area contributed by atoms with Crippen LogP contribution in [0.3, 0.4) is 0 Å². The Hall–Kier alpha value is -0.120. The Bertz CT molecular complexity index is 223. The van der Waals surface area contributed by atoms with Crippen LogP contribution in [0.2, 0.25) is 0 Å². The summed E-state index contributed by atoms with van der Waals surface area (Å²) < 4.78 is 5.55. The topological polar surface area (TPSA) is 38.5 Å². The Morgan fingerprint density at radius 1 is 1.11 bits per heavy atom. The second-order valence-corrected chi connectivity index (χ2v) is 6.54. The van der Waals surface area contributed by atoms with Gasteiger partial charge in [-0.05, 0) is 52.6 Å². The Balaban J connectivity index is 2.49. The van der Waals surface area contributed by atoms with E-state index in [9.17, 15) is 0 Å². The number of hydrogen-bond donors (Lipinski definition) is 1. The van der Waals surface area contributed by atoms with Crippen molar-refractivity contribution in [3.8, 4) is 0 Å². The molecule has 3 heteroatoms. The van der Waals surface area contributed by atoms with Crippen molar-refractivity contribution in [2.24, 2.45) is 5.73 Å². The summed E-state index contributed by atoms with van der Waals surface area (Å²) in [6.07, 6.45) is 10.6. The summed E-state index contributed by atoms with van der Waals surface area (Å²) in [4.78, 5) is 2.68. The van der Waals surface area contributed by atoms with Crippen molar-refractivity contribution in [3.63, 3.8) is 0 Å².